The highest BCUT2D eigenvalue weighted by atomic mass is 32.2. The molecule has 7 nitrogen and oxygen atoms in total. The van der Waals surface area contributed by atoms with Gasteiger partial charge >= 0.3 is 12.6 Å². The molecule has 174 valence electrons. The molecule has 3 aromatic carbocycles. The van der Waals surface area contributed by atoms with E-state index in [2.05, 4.69) is 10.1 Å². The first-order chi connectivity index (χ1) is 16.4. The molecule has 0 atom stereocenters. The van der Waals surface area contributed by atoms with E-state index in [1.807, 2.05) is 48.5 Å². The third-order valence-electron chi connectivity index (χ3n) is 4.75. The Morgan fingerprint density at radius 3 is 2.21 bits per heavy atom. The molecule has 0 saturated carbocycles. The molecule has 1 aliphatic heterocycles. The Kier molecular flexibility index (Phi) is 7.07. The molecule has 4 rings (SSSR count). The fourth-order valence-corrected chi connectivity index (χ4v) is 4.36. The number of alkyl halides is 2. The predicted octanol–water partition coefficient (Wildman–Crippen LogP) is 4.39. The number of nitrogens with zero attached hydrogens (tertiary/aromatic N) is 1. The Hall–Kier alpha value is -3.92. The maximum absolute atomic E-state index is 13.0. The van der Waals surface area contributed by atoms with Crippen LogP contribution in [0.4, 0.5) is 20.2 Å². The van der Waals surface area contributed by atoms with Gasteiger partial charge in [0.1, 0.15) is 12.3 Å². The summed E-state index contributed by atoms with van der Waals surface area (Å²) in [4.78, 5) is 40.6. The summed E-state index contributed by atoms with van der Waals surface area (Å²) in [5.41, 5.74) is 1.40. The number of ether oxygens (including phenoxy) is 2. The maximum Gasteiger partial charge on any atom is 0.387 e. The second-order valence-electron chi connectivity index (χ2n) is 7.02. The Bertz CT molecular complexity index is 1190. The highest BCUT2D eigenvalue weighted by molar-refractivity contribution is 7.99. The number of carbonyl (C=O) groups is 3. The topological polar surface area (TPSA) is 84.9 Å². The van der Waals surface area contributed by atoms with Gasteiger partial charge in [-0.05, 0) is 42.5 Å². The van der Waals surface area contributed by atoms with Crippen LogP contribution in [0.5, 0.6) is 5.75 Å². The van der Waals surface area contributed by atoms with Crippen LogP contribution in [0.3, 0.4) is 0 Å². The lowest BCUT2D eigenvalue weighted by atomic mass is 10.2. The van der Waals surface area contributed by atoms with Gasteiger partial charge in [-0.1, -0.05) is 42.1 Å². The van der Waals surface area contributed by atoms with E-state index < -0.39 is 37.5 Å². The van der Waals surface area contributed by atoms with Gasteiger partial charge in [-0.15, -0.1) is 0 Å². The first kappa shape index (κ1) is 23.2. The van der Waals surface area contributed by atoms with Crippen LogP contribution >= 0.6 is 11.8 Å². The number of fused-ring (bicyclic) bond motifs is 2. The number of esters is 1. The number of anilines is 2. The molecule has 1 heterocycles. The fourth-order valence-electron chi connectivity index (χ4n) is 3.30. The van der Waals surface area contributed by atoms with Gasteiger partial charge in [0, 0.05) is 15.4 Å². The molecule has 0 bridgehead atoms. The summed E-state index contributed by atoms with van der Waals surface area (Å²) < 4.78 is 34.0. The summed E-state index contributed by atoms with van der Waals surface area (Å²) in [6, 6.07) is 20.0. The van der Waals surface area contributed by atoms with Gasteiger partial charge in [0.05, 0.1) is 11.4 Å². The molecule has 34 heavy (non-hydrogen) atoms. The molecule has 1 N–H and O–H groups in total. The number of carbonyl (C=O) groups excluding carboxylic acids is 3. The minimum Gasteiger partial charge on any atom is -0.454 e. The van der Waals surface area contributed by atoms with E-state index in [1.165, 1.54) is 23.1 Å². The van der Waals surface area contributed by atoms with E-state index in [-0.39, 0.29) is 11.3 Å². The minimum absolute atomic E-state index is 0.0288. The molecular formula is C24H18F2N2O5S. The van der Waals surface area contributed by atoms with Crippen molar-refractivity contribution in [2.45, 2.75) is 16.4 Å². The van der Waals surface area contributed by atoms with E-state index in [0.717, 1.165) is 15.9 Å². The molecule has 0 spiro atoms. The van der Waals surface area contributed by atoms with E-state index >= 15 is 0 Å². The second-order valence-corrected chi connectivity index (χ2v) is 8.10. The monoisotopic (exact) mass is 484 g/mol. The van der Waals surface area contributed by atoms with Gasteiger partial charge in [-0.25, -0.2) is 0 Å². The van der Waals surface area contributed by atoms with Crippen LogP contribution in [0.15, 0.2) is 82.6 Å². The molecule has 1 aliphatic rings. The number of halogens is 2. The van der Waals surface area contributed by atoms with Crippen molar-refractivity contribution in [1.29, 1.82) is 0 Å². The number of rotatable bonds is 7. The van der Waals surface area contributed by atoms with Crippen molar-refractivity contribution in [3.63, 3.8) is 0 Å². The number of hydrogen-bond acceptors (Lipinski definition) is 6. The van der Waals surface area contributed by atoms with Crippen molar-refractivity contribution in [3.8, 4) is 5.75 Å². The van der Waals surface area contributed by atoms with E-state index in [1.54, 1.807) is 11.8 Å². The maximum atomic E-state index is 13.0. The average Bonchev–Trinajstić information content (AvgIpc) is 2.84. The molecule has 0 fully saturated rings. The Balaban J connectivity index is 1.35. The molecule has 0 radical (unpaired) electrons. The van der Waals surface area contributed by atoms with Crippen molar-refractivity contribution in [2.75, 3.05) is 18.1 Å². The normalized spacial score (nSPS) is 11.9. The summed E-state index contributed by atoms with van der Waals surface area (Å²) in [6.07, 6.45) is 0. The zero-order chi connectivity index (χ0) is 24.1. The summed E-state index contributed by atoms with van der Waals surface area (Å²) in [7, 11) is 0. The quantitative estimate of drug-likeness (QED) is 0.501. The number of nitrogens with one attached hydrogen (secondary N) is 1. The van der Waals surface area contributed by atoms with Crippen LogP contribution in [0.25, 0.3) is 0 Å². The molecule has 0 unspecified atom stereocenters. The number of para-hydroxylation sites is 2. The lowest BCUT2D eigenvalue weighted by molar-refractivity contribution is -0.146. The molecule has 3 aromatic rings. The fraction of sp³-hybridized carbons (Fsp3) is 0.125. The van der Waals surface area contributed by atoms with Crippen LogP contribution < -0.4 is 15.0 Å². The first-order valence-electron chi connectivity index (χ1n) is 10.1. The Labute approximate surface area is 197 Å². The van der Waals surface area contributed by atoms with Crippen LogP contribution in [-0.4, -0.2) is 37.5 Å². The van der Waals surface area contributed by atoms with Crippen molar-refractivity contribution < 1.29 is 32.6 Å². The third kappa shape index (κ3) is 5.34. The zero-order valence-electron chi connectivity index (χ0n) is 17.6. The Morgan fingerprint density at radius 2 is 1.56 bits per heavy atom. The third-order valence-corrected chi connectivity index (χ3v) is 5.88. The van der Waals surface area contributed by atoms with Crippen molar-refractivity contribution in [1.82, 2.24) is 5.32 Å². The van der Waals surface area contributed by atoms with Gasteiger partial charge < -0.3 is 14.8 Å². The van der Waals surface area contributed by atoms with E-state index in [9.17, 15) is 23.2 Å². The number of hydrogen-bond donors (Lipinski definition) is 1. The predicted molar refractivity (Wildman–Crippen MR) is 121 cm³/mol. The highest BCUT2D eigenvalue weighted by Gasteiger charge is 2.28. The van der Waals surface area contributed by atoms with Crippen molar-refractivity contribution in [2.24, 2.45) is 0 Å². The number of amides is 2. The lowest BCUT2D eigenvalue weighted by Gasteiger charge is -2.30. The smallest absolute Gasteiger partial charge is 0.387 e. The standard InChI is InChI=1S/C24H18F2N2O5S/c25-24(26)33-16-7-5-6-15(12-16)23(31)27-13-22(30)32-14-21(29)28-17-8-1-3-10-19(17)34-20-11-4-2-9-18(20)28/h1-12,24H,13-14H2,(H,27,31). The lowest BCUT2D eigenvalue weighted by Crippen LogP contribution is -2.35. The zero-order valence-corrected chi connectivity index (χ0v) is 18.4. The molecule has 0 aliphatic carbocycles. The van der Waals surface area contributed by atoms with Crippen LogP contribution in [0.2, 0.25) is 0 Å². The van der Waals surface area contributed by atoms with Crippen molar-refractivity contribution >= 4 is 40.9 Å². The minimum atomic E-state index is -3.02. The summed E-state index contributed by atoms with van der Waals surface area (Å²) in [5.74, 6) is -2.14. The Morgan fingerprint density at radius 1 is 0.912 bits per heavy atom. The molecule has 10 heteroatoms. The molecular weight excluding hydrogens is 466 g/mol. The van der Waals surface area contributed by atoms with Crippen molar-refractivity contribution in [3.05, 3.63) is 78.4 Å². The summed E-state index contributed by atoms with van der Waals surface area (Å²) >= 11 is 1.54. The van der Waals surface area contributed by atoms with E-state index in [0.29, 0.717) is 11.4 Å². The van der Waals surface area contributed by atoms with Crippen LogP contribution in [-0.2, 0) is 14.3 Å². The summed E-state index contributed by atoms with van der Waals surface area (Å²) in [6.45, 7) is -4.06. The first-order valence-corrected chi connectivity index (χ1v) is 10.9. The van der Waals surface area contributed by atoms with Gasteiger partial charge in [0.25, 0.3) is 11.8 Å². The second kappa shape index (κ2) is 10.3. The van der Waals surface area contributed by atoms with Gasteiger partial charge in [0.2, 0.25) is 0 Å². The van der Waals surface area contributed by atoms with Gasteiger partial charge in [0.15, 0.2) is 6.61 Å². The van der Waals surface area contributed by atoms with Crippen LogP contribution in [0.1, 0.15) is 10.4 Å². The number of benzene rings is 3. The summed E-state index contributed by atoms with van der Waals surface area (Å²) in [5, 5.41) is 2.33. The van der Waals surface area contributed by atoms with Gasteiger partial charge in [-0.2, -0.15) is 8.78 Å². The largest absolute Gasteiger partial charge is 0.454 e. The molecule has 0 saturated heterocycles. The molecule has 2 amide bonds. The van der Waals surface area contributed by atoms with Crippen LogP contribution in [0, 0.1) is 0 Å². The highest BCUT2D eigenvalue weighted by Crippen LogP contribution is 2.47. The average molecular weight is 484 g/mol. The van der Waals surface area contributed by atoms with E-state index in [4.69, 9.17) is 4.74 Å². The SMILES string of the molecule is O=C(CNC(=O)c1cccc(OC(F)F)c1)OCC(=O)N1c2ccccc2Sc2ccccc21. The molecule has 0 aromatic heterocycles. The van der Waals surface area contributed by atoms with Gasteiger partial charge in [-0.3, -0.25) is 19.3 Å².